The first-order valence-electron chi connectivity index (χ1n) is 7.91. The maximum Gasteiger partial charge on any atom is 0.307 e. The van der Waals surface area contributed by atoms with E-state index in [2.05, 4.69) is 10.3 Å². The molecule has 0 aliphatic carbocycles. The molecular formula is C19H17N3O4. The van der Waals surface area contributed by atoms with Gasteiger partial charge in [-0.2, -0.15) is 0 Å². The van der Waals surface area contributed by atoms with Gasteiger partial charge in [-0.05, 0) is 30.3 Å². The molecule has 1 aromatic heterocycles. The van der Waals surface area contributed by atoms with Crippen molar-refractivity contribution >= 4 is 22.6 Å². The van der Waals surface area contributed by atoms with E-state index in [4.69, 9.17) is 9.52 Å². The van der Waals surface area contributed by atoms with E-state index in [0.717, 1.165) is 0 Å². The number of hydrogen-bond acceptors (Lipinski definition) is 5. The van der Waals surface area contributed by atoms with Crippen molar-refractivity contribution in [3.63, 3.8) is 0 Å². The number of fused-ring (bicyclic) bond motifs is 1. The smallest absolute Gasteiger partial charge is 0.307 e. The molecule has 0 saturated heterocycles. The monoisotopic (exact) mass is 351 g/mol. The van der Waals surface area contributed by atoms with Gasteiger partial charge in [0.25, 0.3) is 0 Å². The minimum absolute atomic E-state index is 0.215. The molecule has 1 N–H and O–H groups in total. The van der Waals surface area contributed by atoms with E-state index < -0.39 is 5.97 Å². The maximum absolute atomic E-state index is 12.4. The topological polar surface area (TPSA) is 95.5 Å². The van der Waals surface area contributed by atoms with Crippen LogP contribution in [0.4, 0.5) is 5.69 Å². The Morgan fingerprint density at radius 1 is 1.15 bits per heavy atom. The van der Waals surface area contributed by atoms with Crippen LogP contribution >= 0.6 is 0 Å². The van der Waals surface area contributed by atoms with Gasteiger partial charge in [0.2, 0.25) is 0 Å². The average Bonchev–Trinajstić information content (AvgIpc) is 2.60. The molecule has 3 rings (SSSR count). The molecule has 0 atom stereocenters. The van der Waals surface area contributed by atoms with Crippen LogP contribution < -0.4 is 5.43 Å². The lowest BCUT2D eigenvalue weighted by molar-refractivity contribution is -0.136. The van der Waals surface area contributed by atoms with Gasteiger partial charge in [-0.25, -0.2) is 0 Å². The molecule has 0 bridgehead atoms. The van der Waals surface area contributed by atoms with Gasteiger partial charge in [0.05, 0.1) is 17.5 Å². The molecule has 0 aliphatic rings. The highest BCUT2D eigenvalue weighted by atomic mass is 16.4. The number of carboxylic acid groups (broad SMARTS) is 1. The van der Waals surface area contributed by atoms with E-state index in [0.29, 0.717) is 33.5 Å². The zero-order valence-corrected chi connectivity index (χ0v) is 14.3. The summed E-state index contributed by atoms with van der Waals surface area (Å²) >= 11 is 0. The summed E-state index contributed by atoms with van der Waals surface area (Å²) < 4.78 is 5.87. The summed E-state index contributed by atoms with van der Waals surface area (Å²) in [6, 6.07) is 13.4. The highest BCUT2D eigenvalue weighted by Gasteiger charge is 2.12. The van der Waals surface area contributed by atoms with E-state index in [9.17, 15) is 9.59 Å². The summed E-state index contributed by atoms with van der Waals surface area (Å²) in [4.78, 5) is 23.5. The fourth-order valence-corrected chi connectivity index (χ4v) is 2.51. The predicted octanol–water partition coefficient (Wildman–Crippen LogP) is 3.65. The third-order valence-electron chi connectivity index (χ3n) is 3.67. The lowest BCUT2D eigenvalue weighted by atomic mass is 10.1. The molecular weight excluding hydrogens is 334 g/mol. The largest absolute Gasteiger partial charge is 0.481 e. The molecule has 0 radical (unpaired) electrons. The molecule has 2 aromatic carbocycles. The Balaban J connectivity index is 2.05. The Morgan fingerprint density at radius 3 is 2.54 bits per heavy atom. The molecule has 0 saturated carbocycles. The van der Waals surface area contributed by atoms with E-state index in [-0.39, 0.29) is 11.8 Å². The van der Waals surface area contributed by atoms with Crippen LogP contribution in [0.5, 0.6) is 0 Å². The highest BCUT2D eigenvalue weighted by Crippen LogP contribution is 2.26. The zero-order chi connectivity index (χ0) is 18.7. The van der Waals surface area contributed by atoms with Crippen molar-refractivity contribution in [2.24, 2.45) is 10.3 Å². The number of nitrogens with zero attached hydrogens (tertiary/aromatic N) is 3. The third-order valence-corrected chi connectivity index (χ3v) is 3.67. The van der Waals surface area contributed by atoms with Gasteiger partial charge in [0, 0.05) is 31.3 Å². The summed E-state index contributed by atoms with van der Waals surface area (Å²) in [7, 11) is 3.55. The molecule has 3 aromatic rings. The number of aliphatic carboxylic acids is 1. The number of hydrogen-bond donors (Lipinski definition) is 1. The first-order chi connectivity index (χ1) is 12.4. The lowest BCUT2D eigenvalue weighted by Gasteiger charge is -2.07. The van der Waals surface area contributed by atoms with Crippen LogP contribution in [-0.4, -0.2) is 30.2 Å². The highest BCUT2D eigenvalue weighted by molar-refractivity contribution is 5.85. The summed E-state index contributed by atoms with van der Waals surface area (Å²) in [6.07, 6.45) is -0.215. The van der Waals surface area contributed by atoms with E-state index in [1.54, 1.807) is 61.6 Å². The average molecular weight is 351 g/mol. The Labute approximate surface area is 149 Å². The molecule has 1 heterocycles. The van der Waals surface area contributed by atoms with E-state index in [1.807, 2.05) is 0 Å². The van der Waals surface area contributed by atoms with Gasteiger partial charge in [-0.15, -0.1) is 5.11 Å². The number of carbonyl (C=O) groups is 1. The van der Waals surface area contributed by atoms with E-state index in [1.165, 1.54) is 6.07 Å². The van der Waals surface area contributed by atoms with Gasteiger partial charge >= 0.3 is 5.97 Å². The molecule has 132 valence electrons. The lowest BCUT2D eigenvalue weighted by Crippen LogP contribution is -2.05. The van der Waals surface area contributed by atoms with Crippen LogP contribution in [0.2, 0.25) is 0 Å². The van der Waals surface area contributed by atoms with Crippen molar-refractivity contribution in [3.8, 4) is 11.3 Å². The zero-order valence-electron chi connectivity index (χ0n) is 14.3. The van der Waals surface area contributed by atoms with Crippen LogP contribution in [0.1, 0.15) is 5.56 Å². The molecule has 26 heavy (non-hydrogen) atoms. The summed E-state index contributed by atoms with van der Waals surface area (Å²) in [5, 5.41) is 19.0. The molecule has 0 aliphatic heterocycles. The minimum Gasteiger partial charge on any atom is -0.481 e. The van der Waals surface area contributed by atoms with Crippen LogP contribution in [0, 0.1) is 0 Å². The van der Waals surface area contributed by atoms with Crippen molar-refractivity contribution in [2.75, 3.05) is 14.1 Å². The number of carboxylic acids is 1. The van der Waals surface area contributed by atoms with Gasteiger partial charge in [0.15, 0.2) is 5.43 Å². The van der Waals surface area contributed by atoms with Gasteiger partial charge in [-0.1, -0.05) is 17.4 Å². The van der Waals surface area contributed by atoms with Crippen LogP contribution in [0.3, 0.4) is 0 Å². The van der Waals surface area contributed by atoms with Crippen molar-refractivity contribution in [2.45, 2.75) is 6.42 Å². The maximum atomic E-state index is 12.4. The normalized spacial score (nSPS) is 11.2. The standard InChI is InChI=1S/C19H17N3O4/c1-22(2)21-20-14-8-6-12(7-9-14)17-11-16(23)15-5-3-4-13(10-18(24)25)19(15)26-17/h3-9,11H,10H2,1-2H3,(H,24,25). The molecule has 0 amide bonds. The molecule has 7 heteroatoms. The summed E-state index contributed by atoms with van der Waals surface area (Å²) in [5.74, 6) is -0.613. The fraction of sp³-hybridized carbons (Fsp3) is 0.158. The SMILES string of the molecule is CN(C)N=Nc1ccc(-c2cc(=O)c3cccc(CC(=O)O)c3o2)cc1. The summed E-state index contributed by atoms with van der Waals surface area (Å²) in [5.41, 5.74) is 1.90. The van der Waals surface area contributed by atoms with Crippen LogP contribution in [0.15, 0.2) is 68.1 Å². The second-order valence-corrected chi connectivity index (χ2v) is 5.92. The summed E-state index contributed by atoms with van der Waals surface area (Å²) in [6.45, 7) is 0. The van der Waals surface area contributed by atoms with Crippen LogP contribution in [-0.2, 0) is 11.2 Å². The Bertz CT molecular complexity index is 1040. The number of benzene rings is 2. The second-order valence-electron chi connectivity index (χ2n) is 5.92. The quantitative estimate of drug-likeness (QED) is 0.559. The number of para-hydroxylation sites is 1. The Hall–Kier alpha value is -3.48. The van der Waals surface area contributed by atoms with E-state index >= 15 is 0 Å². The first kappa shape index (κ1) is 17.3. The Kier molecular flexibility index (Phi) is 4.79. The van der Waals surface area contributed by atoms with Gasteiger partial charge in [0.1, 0.15) is 11.3 Å². The predicted molar refractivity (Wildman–Crippen MR) is 97.5 cm³/mol. The first-order valence-corrected chi connectivity index (χ1v) is 7.91. The van der Waals surface area contributed by atoms with Crippen molar-refractivity contribution < 1.29 is 14.3 Å². The molecule has 0 unspecified atom stereocenters. The number of rotatable bonds is 5. The molecule has 0 fully saturated rings. The fourth-order valence-electron chi connectivity index (χ4n) is 2.51. The van der Waals surface area contributed by atoms with Crippen molar-refractivity contribution in [1.29, 1.82) is 0 Å². The third kappa shape index (κ3) is 3.77. The van der Waals surface area contributed by atoms with Gasteiger partial charge in [-0.3, -0.25) is 14.6 Å². The van der Waals surface area contributed by atoms with Crippen molar-refractivity contribution in [3.05, 3.63) is 64.3 Å². The molecule has 0 spiro atoms. The van der Waals surface area contributed by atoms with Gasteiger partial charge < -0.3 is 9.52 Å². The van der Waals surface area contributed by atoms with Crippen LogP contribution in [0.25, 0.3) is 22.3 Å². The molecule has 7 nitrogen and oxygen atoms in total. The van der Waals surface area contributed by atoms with Crippen molar-refractivity contribution in [1.82, 2.24) is 5.01 Å². The minimum atomic E-state index is -0.985. The second kappa shape index (κ2) is 7.18. The Morgan fingerprint density at radius 2 is 1.88 bits per heavy atom.